The maximum atomic E-state index is 13.4. The molecule has 0 unspecified atom stereocenters. The second-order valence-corrected chi connectivity index (χ2v) is 4.92. The summed E-state index contributed by atoms with van der Waals surface area (Å²) in [5, 5.41) is 3.18. The summed E-state index contributed by atoms with van der Waals surface area (Å²) in [6.07, 6.45) is 0. The minimum atomic E-state index is -0.270. The molecule has 0 spiro atoms. The van der Waals surface area contributed by atoms with E-state index in [9.17, 15) is 4.39 Å². The Labute approximate surface area is 120 Å². The van der Waals surface area contributed by atoms with Gasteiger partial charge in [-0.2, -0.15) is 0 Å². The van der Waals surface area contributed by atoms with Gasteiger partial charge in [0.05, 0.1) is 11.1 Å². The largest absolute Gasteiger partial charge is 0.494 e. The number of hydrogen-bond donors (Lipinski definition) is 1. The first-order chi connectivity index (χ1) is 9.19. The van der Waals surface area contributed by atoms with Gasteiger partial charge in [0.1, 0.15) is 11.6 Å². The molecule has 100 valence electrons. The van der Waals surface area contributed by atoms with E-state index in [0.29, 0.717) is 17.6 Å². The monoisotopic (exact) mass is 323 g/mol. The number of nitrogens with one attached hydrogen (secondary N) is 1. The normalized spacial score (nSPS) is 10.3. The Morgan fingerprint density at radius 2 is 2.05 bits per heavy atom. The van der Waals surface area contributed by atoms with Crippen LogP contribution in [0.1, 0.15) is 12.5 Å². The molecular formula is C15H15BrFNO. The standard InChI is InChI=1S/C15H15BrFNO/c1-2-19-13-5-3-4-11(8-13)10-18-12-6-7-14(16)15(17)9-12/h3-9,18H,2,10H2,1H3. The molecule has 1 N–H and O–H groups in total. The number of rotatable bonds is 5. The third-order valence-electron chi connectivity index (χ3n) is 2.63. The van der Waals surface area contributed by atoms with Crippen molar-refractivity contribution in [3.8, 4) is 5.75 Å². The van der Waals surface area contributed by atoms with Crippen LogP contribution in [0.25, 0.3) is 0 Å². The maximum Gasteiger partial charge on any atom is 0.139 e. The summed E-state index contributed by atoms with van der Waals surface area (Å²) in [4.78, 5) is 0. The molecule has 0 bridgehead atoms. The minimum Gasteiger partial charge on any atom is -0.494 e. The quantitative estimate of drug-likeness (QED) is 0.868. The predicted molar refractivity (Wildman–Crippen MR) is 79.0 cm³/mol. The third kappa shape index (κ3) is 3.96. The lowest BCUT2D eigenvalue weighted by Gasteiger charge is -2.09. The second-order valence-electron chi connectivity index (χ2n) is 4.06. The van der Waals surface area contributed by atoms with E-state index in [4.69, 9.17) is 4.74 Å². The number of ether oxygens (including phenoxy) is 1. The van der Waals surface area contributed by atoms with E-state index in [1.165, 1.54) is 6.07 Å². The van der Waals surface area contributed by atoms with Crippen molar-refractivity contribution in [2.45, 2.75) is 13.5 Å². The fraction of sp³-hybridized carbons (Fsp3) is 0.200. The highest BCUT2D eigenvalue weighted by Gasteiger charge is 2.01. The molecule has 4 heteroatoms. The van der Waals surface area contributed by atoms with Gasteiger partial charge in [0, 0.05) is 12.2 Å². The van der Waals surface area contributed by atoms with E-state index in [-0.39, 0.29) is 5.82 Å². The highest BCUT2D eigenvalue weighted by Crippen LogP contribution is 2.20. The van der Waals surface area contributed by atoms with Gasteiger partial charge < -0.3 is 10.1 Å². The van der Waals surface area contributed by atoms with E-state index < -0.39 is 0 Å². The topological polar surface area (TPSA) is 21.3 Å². The Hall–Kier alpha value is -1.55. The summed E-state index contributed by atoms with van der Waals surface area (Å²) in [5.41, 5.74) is 1.84. The van der Waals surface area contributed by atoms with Crippen molar-refractivity contribution in [3.05, 3.63) is 58.3 Å². The summed E-state index contributed by atoms with van der Waals surface area (Å²) in [5.74, 6) is 0.580. The zero-order valence-electron chi connectivity index (χ0n) is 10.6. The van der Waals surface area contributed by atoms with E-state index in [1.807, 2.05) is 37.3 Å². The smallest absolute Gasteiger partial charge is 0.139 e. The molecule has 2 aromatic carbocycles. The summed E-state index contributed by atoms with van der Waals surface area (Å²) in [6, 6.07) is 12.8. The summed E-state index contributed by atoms with van der Waals surface area (Å²) in [7, 11) is 0. The third-order valence-corrected chi connectivity index (χ3v) is 3.27. The van der Waals surface area contributed by atoms with Crippen LogP contribution in [0.3, 0.4) is 0 Å². The second kappa shape index (κ2) is 6.57. The van der Waals surface area contributed by atoms with Gasteiger partial charge in [-0.15, -0.1) is 0 Å². The molecule has 2 aromatic rings. The van der Waals surface area contributed by atoms with Crippen molar-refractivity contribution in [3.63, 3.8) is 0 Å². The Bertz CT molecular complexity index is 560. The van der Waals surface area contributed by atoms with Crippen LogP contribution in [-0.4, -0.2) is 6.61 Å². The van der Waals surface area contributed by atoms with Gasteiger partial charge in [0.25, 0.3) is 0 Å². The predicted octanol–water partition coefficient (Wildman–Crippen LogP) is 4.60. The van der Waals surface area contributed by atoms with Gasteiger partial charge in [0.2, 0.25) is 0 Å². The average Bonchev–Trinajstić information content (AvgIpc) is 2.41. The van der Waals surface area contributed by atoms with Crippen molar-refractivity contribution >= 4 is 21.6 Å². The minimum absolute atomic E-state index is 0.270. The van der Waals surface area contributed by atoms with Gasteiger partial charge in [-0.05, 0) is 58.7 Å². The van der Waals surface area contributed by atoms with E-state index in [2.05, 4.69) is 21.2 Å². The lowest BCUT2D eigenvalue weighted by atomic mass is 10.2. The molecular weight excluding hydrogens is 309 g/mol. The van der Waals surface area contributed by atoms with Gasteiger partial charge in [0.15, 0.2) is 0 Å². The molecule has 0 saturated carbocycles. The molecule has 0 aliphatic carbocycles. The lowest BCUT2D eigenvalue weighted by Crippen LogP contribution is -2.00. The van der Waals surface area contributed by atoms with Crippen LogP contribution in [0.15, 0.2) is 46.9 Å². The van der Waals surface area contributed by atoms with Crippen LogP contribution >= 0.6 is 15.9 Å². The number of halogens is 2. The van der Waals surface area contributed by atoms with Crippen LogP contribution in [0.4, 0.5) is 10.1 Å². The van der Waals surface area contributed by atoms with E-state index in [0.717, 1.165) is 17.0 Å². The SMILES string of the molecule is CCOc1cccc(CNc2ccc(Br)c(F)c2)c1. The first-order valence-electron chi connectivity index (χ1n) is 6.09. The molecule has 2 rings (SSSR count). The van der Waals surface area contributed by atoms with Crippen LogP contribution < -0.4 is 10.1 Å². The van der Waals surface area contributed by atoms with Crippen LogP contribution in [0.2, 0.25) is 0 Å². The summed E-state index contributed by atoms with van der Waals surface area (Å²) < 4.78 is 19.3. The molecule has 19 heavy (non-hydrogen) atoms. The fourth-order valence-corrected chi connectivity index (χ4v) is 1.97. The molecule has 2 nitrogen and oxygen atoms in total. The van der Waals surface area contributed by atoms with Gasteiger partial charge in [-0.25, -0.2) is 4.39 Å². The molecule has 0 aliphatic rings. The van der Waals surface area contributed by atoms with Crippen molar-refractivity contribution in [2.75, 3.05) is 11.9 Å². The Kier molecular flexibility index (Phi) is 4.80. The average molecular weight is 324 g/mol. The first kappa shape index (κ1) is 13.9. The fourth-order valence-electron chi connectivity index (χ4n) is 1.72. The van der Waals surface area contributed by atoms with E-state index in [1.54, 1.807) is 6.07 Å². The van der Waals surface area contributed by atoms with Crippen molar-refractivity contribution in [1.82, 2.24) is 0 Å². The zero-order valence-corrected chi connectivity index (χ0v) is 12.2. The Morgan fingerprint density at radius 1 is 1.21 bits per heavy atom. The molecule has 0 saturated heterocycles. The highest BCUT2D eigenvalue weighted by molar-refractivity contribution is 9.10. The van der Waals surface area contributed by atoms with Crippen LogP contribution in [0, 0.1) is 5.82 Å². The molecule has 0 radical (unpaired) electrons. The zero-order chi connectivity index (χ0) is 13.7. The number of benzene rings is 2. The number of anilines is 1. The van der Waals surface area contributed by atoms with Crippen LogP contribution in [0.5, 0.6) is 5.75 Å². The van der Waals surface area contributed by atoms with Gasteiger partial charge >= 0.3 is 0 Å². The molecule has 0 aromatic heterocycles. The Balaban J connectivity index is 2.01. The van der Waals surface area contributed by atoms with Gasteiger partial charge in [-0.1, -0.05) is 12.1 Å². The Morgan fingerprint density at radius 3 is 2.79 bits per heavy atom. The van der Waals surface area contributed by atoms with Crippen molar-refractivity contribution < 1.29 is 9.13 Å². The van der Waals surface area contributed by atoms with Gasteiger partial charge in [-0.3, -0.25) is 0 Å². The maximum absolute atomic E-state index is 13.4. The molecule has 0 heterocycles. The van der Waals surface area contributed by atoms with Crippen molar-refractivity contribution in [2.24, 2.45) is 0 Å². The van der Waals surface area contributed by atoms with E-state index >= 15 is 0 Å². The first-order valence-corrected chi connectivity index (χ1v) is 6.89. The number of hydrogen-bond acceptors (Lipinski definition) is 2. The van der Waals surface area contributed by atoms with Crippen molar-refractivity contribution in [1.29, 1.82) is 0 Å². The molecule has 0 aliphatic heterocycles. The molecule has 0 amide bonds. The summed E-state index contributed by atoms with van der Waals surface area (Å²) >= 11 is 3.13. The lowest BCUT2D eigenvalue weighted by molar-refractivity contribution is 0.340. The highest BCUT2D eigenvalue weighted by atomic mass is 79.9. The summed E-state index contributed by atoms with van der Waals surface area (Å²) in [6.45, 7) is 3.23. The molecule has 0 atom stereocenters. The molecule has 0 fully saturated rings. The van der Waals surface area contributed by atoms with Crippen LogP contribution in [-0.2, 0) is 6.54 Å².